The lowest BCUT2D eigenvalue weighted by Crippen LogP contribution is -2.31. The molecule has 0 aliphatic carbocycles. The van der Waals surface area contributed by atoms with Gasteiger partial charge >= 0.3 is 0 Å². The number of benzene rings is 4. The lowest BCUT2D eigenvalue weighted by molar-refractivity contribution is -0.122. The van der Waals surface area contributed by atoms with Crippen LogP contribution in [0.2, 0.25) is 5.02 Å². The van der Waals surface area contributed by atoms with E-state index in [1.165, 1.54) is 22.7 Å². The number of hydrogen-bond acceptors (Lipinski definition) is 5. The zero-order valence-corrected chi connectivity index (χ0v) is 21.9. The molecule has 0 N–H and O–H groups in total. The number of carbonyl (C=O) groups excluding carboxylic acids is 1. The molecule has 0 atom stereocenters. The minimum atomic E-state index is -0.0104. The van der Waals surface area contributed by atoms with Crippen molar-refractivity contribution < 1.29 is 4.79 Å². The highest BCUT2D eigenvalue weighted by molar-refractivity contribution is 8.19. The number of amidine groups is 1. The van der Waals surface area contributed by atoms with Gasteiger partial charge in [0, 0.05) is 23.5 Å². The molecule has 4 aromatic rings. The Kier molecular flexibility index (Phi) is 6.25. The molecule has 1 saturated heterocycles. The quantitative estimate of drug-likeness (QED) is 0.255. The topological polar surface area (TPSA) is 35.9 Å². The molecule has 6 rings (SSSR count). The first-order valence-electron chi connectivity index (χ1n) is 11.6. The SMILES string of the molecule is CN1C(=C2SC(=Nc3ccc4ccccc4c3)N(CCc3ccccc3)C2=O)Sc2ccc(Cl)cc21. The maximum absolute atomic E-state index is 13.8. The summed E-state index contributed by atoms with van der Waals surface area (Å²) in [5.41, 5.74) is 3.04. The van der Waals surface area contributed by atoms with E-state index in [1.54, 1.807) is 11.8 Å². The zero-order chi connectivity index (χ0) is 24.6. The molecule has 0 unspecified atom stereocenters. The van der Waals surface area contributed by atoms with Crippen LogP contribution in [0.3, 0.4) is 0 Å². The van der Waals surface area contributed by atoms with E-state index in [9.17, 15) is 4.79 Å². The molecule has 0 saturated carbocycles. The van der Waals surface area contributed by atoms with Crippen LogP contribution in [0.5, 0.6) is 0 Å². The highest BCUT2D eigenvalue weighted by atomic mass is 35.5. The monoisotopic (exact) mass is 527 g/mol. The second-order valence-corrected chi connectivity index (χ2v) is 11.1. The van der Waals surface area contributed by atoms with E-state index in [0.717, 1.165) is 33.1 Å². The van der Waals surface area contributed by atoms with Gasteiger partial charge in [0.15, 0.2) is 5.17 Å². The summed E-state index contributed by atoms with van der Waals surface area (Å²) >= 11 is 9.30. The molecule has 4 aromatic carbocycles. The zero-order valence-electron chi connectivity index (χ0n) is 19.5. The Morgan fingerprint density at radius 1 is 0.861 bits per heavy atom. The second kappa shape index (κ2) is 9.69. The van der Waals surface area contributed by atoms with Crippen LogP contribution in [-0.4, -0.2) is 29.6 Å². The van der Waals surface area contributed by atoms with E-state index in [-0.39, 0.29) is 5.91 Å². The average molecular weight is 528 g/mol. The van der Waals surface area contributed by atoms with Crippen molar-refractivity contribution >= 4 is 68.3 Å². The van der Waals surface area contributed by atoms with Crippen molar-refractivity contribution in [2.75, 3.05) is 18.5 Å². The number of hydrogen-bond donors (Lipinski definition) is 0. The maximum atomic E-state index is 13.8. The van der Waals surface area contributed by atoms with Crippen molar-refractivity contribution in [1.82, 2.24) is 4.90 Å². The van der Waals surface area contributed by atoms with E-state index < -0.39 is 0 Å². The van der Waals surface area contributed by atoms with Gasteiger partial charge < -0.3 is 4.90 Å². The Labute approximate surface area is 223 Å². The van der Waals surface area contributed by atoms with Crippen molar-refractivity contribution in [3.8, 4) is 0 Å². The predicted octanol–water partition coefficient (Wildman–Crippen LogP) is 7.71. The van der Waals surface area contributed by atoms with Crippen LogP contribution in [0.4, 0.5) is 11.4 Å². The van der Waals surface area contributed by atoms with Crippen molar-refractivity contribution in [3.63, 3.8) is 0 Å². The smallest absolute Gasteiger partial charge is 0.269 e. The summed E-state index contributed by atoms with van der Waals surface area (Å²) in [6.07, 6.45) is 0.755. The summed E-state index contributed by atoms with van der Waals surface area (Å²) in [5.74, 6) is -0.0104. The molecular formula is C29H22ClN3OS2. The lowest BCUT2D eigenvalue weighted by atomic mass is 10.1. The number of carbonyl (C=O) groups is 1. The molecule has 0 aromatic heterocycles. The van der Waals surface area contributed by atoms with E-state index in [0.29, 0.717) is 21.6 Å². The summed E-state index contributed by atoms with van der Waals surface area (Å²) in [6.45, 7) is 0.562. The standard InChI is InChI=1S/C29H22ClN3OS2/c1-32-24-18-22(30)12-14-25(24)35-28(32)26-27(34)33(16-15-19-7-3-2-4-8-19)29(36-26)31-23-13-11-20-9-5-6-10-21(20)17-23/h2-14,17-18H,15-16H2,1H3. The molecule has 0 bridgehead atoms. The second-order valence-electron chi connectivity index (χ2n) is 8.63. The van der Waals surface area contributed by atoms with Gasteiger partial charge in [0.05, 0.1) is 16.4 Å². The van der Waals surface area contributed by atoms with Gasteiger partial charge in [-0.3, -0.25) is 9.69 Å². The molecule has 0 spiro atoms. The van der Waals surface area contributed by atoms with E-state index >= 15 is 0 Å². The third-order valence-corrected chi connectivity index (χ3v) is 8.94. The van der Waals surface area contributed by atoms with Crippen LogP contribution in [0.1, 0.15) is 5.56 Å². The Morgan fingerprint density at radius 2 is 1.64 bits per heavy atom. The maximum Gasteiger partial charge on any atom is 0.269 e. The normalized spacial score (nSPS) is 18.5. The van der Waals surface area contributed by atoms with Gasteiger partial charge in [-0.05, 0) is 64.9 Å². The molecule has 1 fully saturated rings. The predicted molar refractivity (Wildman–Crippen MR) is 153 cm³/mol. The summed E-state index contributed by atoms with van der Waals surface area (Å²) in [7, 11) is 1.98. The molecular weight excluding hydrogens is 506 g/mol. The van der Waals surface area contributed by atoms with Gasteiger partial charge in [-0.2, -0.15) is 0 Å². The van der Waals surface area contributed by atoms with Crippen molar-refractivity contribution in [2.24, 2.45) is 4.99 Å². The summed E-state index contributed by atoms with van der Waals surface area (Å²) in [5, 5.41) is 4.59. The van der Waals surface area contributed by atoms with E-state index in [1.807, 2.05) is 66.5 Å². The average Bonchev–Trinajstić information content (AvgIpc) is 3.38. The minimum absolute atomic E-state index is 0.0104. The molecule has 0 radical (unpaired) electrons. The van der Waals surface area contributed by atoms with Gasteiger partial charge in [0.25, 0.3) is 5.91 Å². The highest BCUT2D eigenvalue weighted by Crippen LogP contribution is 2.50. The number of halogens is 1. The Balaban J connectivity index is 1.38. The molecule has 2 aliphatic heterocycles. The minimum Gasteiger partial charge on any atom is -0.337 e. The van der Waals surface area contributed by atoms with Gasteiger partial charge in [0.2, 0.25) is 0 Å². The molecule has 36 heavy (non-hydrogen) atoms. The van der Waals surface area contributed by atoms with E-state index in [4.69, 9.17) is 16.6 Å². The summed E-state index contributed by atoms with van der Waals surface area (Å²) in [6, 6.07) is 30.5. The Hall–Kier alpha value is -3.19. The fraction of sp³-hybridized carbons (Fsp3) is 0.103. The molecule has 178 valence electrons. The Bertz CT molecular complexity index is 1550. The molecule has 1 amide bonds. The van der Waals surface area contributed by atoms with Crippen molar-refractivity contribution in [1.29, 1.82) is 0 Å². The van der Waals surface area contributed by atoms with Crippen LogP contribution in [0, 0.1) is 0 Å². The highest BCUT2D eigenvalue weighted by Gasteiger charge is 2.39. The van der Waals surface area contributed by atoms with Crippen LogP contribution in [0.25, 0.3) is 10.8 Å². The number of nitrogens with zero attached hydrogens (tertiary/aromatic N) is 3. The fourth-order valence-electron chi connectivity index (χ4n) is 4.38. The van der Waals surface area contributed by atoms with Crippen molar-refractivity contribution in [2.45, 2.75) is 11.3 Å². The van der Waals surface area contributed by atoms with Gasteiger partial charge in [0.1, 0.15) is 4.91 Å². The van der Waals surface area contributed by atoms with Crippen LogP contribution in [0.15, 0.2) is 111 Å². The van der Waals surface area contributed by atoms with Crippen LogP contribution < -0.4 is 4.90 Å². The summed E-state index contributed by atoms with van der Waals surface area (Å²) < 4.78 is 0. The molecule has 4 nitrogen and oxygen atoms in total. The number of aliphatic imine (C=N–C) groups is 1. The summed E-state index contributed by atoms with van der Waals surface area (Å²) in [4.78, 5) is 24.4. The van der Waals surface area contributed by atoms with Crippen molar-refractivity contribution in [3.05, 3.63) is 112 Å². The third kappa shape index (κ3) is 4.41. The first kappa shape index (κ1) is 23.2. The number of rotatable bonds is 4. The number of anilines is 1. The molecule has 2 aliphatic rings. The first-order valence-corrected chi connectivity index (χ1v) is 13.6. The van der Waals surface area contributed by atoms with Gasteiger partial charge in [-0.15, -0.1) is 0 Å². The van der Waals surface area contributed by atoms with Crippen LogP contribution >= 0.6 is 35.1 Å². The third-order valence-electron chi connectivity index (χ3n) is 6.28. The van der Waals surface area contributed by atoms with E-state index in [2.05, 4.69) is 41.3 Å². The number of fused-ring (bicyclic) bond motifs is 2. The first-order chi connectivity index (χ1) is 17.6. The molecule has 7 heteroatoms. The van der Waals surface area contributed by atoms with Crippen LogP contribution in [-0.2, 0) is 11.2 Å². The Morgan fingerprint density at radius 3 is 2.47 bits per heavy atom. The number of amides is 1. The lowest BCUT2D eigenvalue weighted by Gasteiger charge is -2.17. The number of thioether (sulfide) groups is 2. The molecule has 2 heterocycles. The largest absolute Gasteiger partial charge is 0.337 e. The van der Waals surface area contributed by atoms with Gasteiger partial charge in [-0.1, -0.05) is 84.0 Å². The fourth-order valence-corrected chi connectivity index (χ4v) is 6.89. The van der Waals surface area contributed by atoms with Gasteiger partial charge in [-0.25, -0.2) is 4.99 Å².